The molecule has 0 radical (unpaired) electrons. The summed E-state index contributed by atoms with van der Waals surface area (Å²) in [6.07, 6.45) is 1.89. The summed E-state index contributed by atoms with van der Waals surface area (Å²) >= 11 is 0. The summed E-state index contributed by atoms with van der Waals surface area (Å²) in [5.74, 6) is 1.67. The highest BCUT2D eigenvalue weighted by Crippen LogP contribution is 2.44. The maximum absolute atomic E-state index is 4.39. The molecule has 2 N–H and O–H groups in total. The summed E-state index contributed by atoms with van der Waals surface area (Å²) in [5, 5.41) is 8.33. The van der Waals surface area contributed by atoms with Crippen LogP contribution in [0.1, 0.15) is 0 Å². The zero-order valence-electron chi connectivity index (χ0n) is 9.56. The van der Waals surface area contributed by atoms with E-state index in [-0.39, 0.29) is 0 Å². The highest BCUT2D eigenvalue weighted by Gasteiger charge is 2.52. The van der Waals surface area contributed by atoms with Gasteiger partial charge in [0.05, 0.1) is 5.52 Å². The first-order chi connectivity index (χ1) is 8.43. The average Bonchev–Trinajstić information content (AvgIpc) is 2.83. The van der Waals surface area contributed by atoms with E-state index in [2.05, 4.69) is 39.9 Å². The zero-order chi connectivity index (χ0) is 11.2. The van der Waals surface area contributed by atoms with Gasteiger partial charge >= 0.3 is 0 Å². The number of piperidine rings is 1. The molecule has 1 saturated carbocycles. The average molecular weight is 225 g/mol. The van der Waals surface area contributed by atoms with Crippen molar-refractivity contribution in [1.82, 2.24) is 10.3 Å². The first kappa shape index (κ1) is 9.42. The molecule has 0 spiro atoms. The lowest BCUT2D eigenvalue weighted by molar-refractivity contribution is 0.697. The van der Waals surface area contributed by atoms with E-state index >= 15 is 0 Å². The number of benzene rings is 1. The van der Waals surface area contributed by atoms with E-state index in [9.17, 15) is 0 Å². The Balaban J connectivity index is 1.67. The monoisotopic (exact) mass is 225 g/mol. The van der Waals surface area contributed by atoms with Crippen molar-refractivity contribution in [2.75, 3.05) is 18.4 Å². The van der Waals surface area contributed by atoms with Gasteiger partial charge in [0, 0.05) is 36.4 Å². The van der Waals surface area contributed by atoms with Crippen LogP contribution in [0.5, 0.6) is 0 Å². The van der Waals surface area contributed by atoms with Crippen LogP contribution >= 0.6 is 0 Å². The summed E-state index contributed by atoms with van der Waals surface area (Å²) in [4.78, 5) is 4.39. The summed E-state index contributed by atoms with van der Waals surface area (Å²) in [6, 6.07) is 11.1. The maximum Gasteiger partial charge on any atom is 0.0722 e. The number of aromatic nitrogens is 1. The quantitative estimate of drug-likeness (QED) is 0.819. The molecular weight excluding hydrogens is 210 g/mol. The van der Waals surface area contributed by atoms with Crippen LogP contribution in [0.2, 0.25) is 0 Å². The van der Waals surface area contributed by atoms with Crippen LogP contribution in [0, 0.1) is 11.8 Å². The van der Waals surface area contributed by atoms with Crippen LogP contribution in [0.4, 0.5) is 5.69 Å². The van der Waals surface area contributed by atoms with Crippen LogP contribution in [0.3, 0.4) is 0 Å². The third-order valence-corrected chi connectivity index (χ3v) is 4.06. The molecule has 2 atom stereocenters. The first-order valence-electron chi connectivity index (χ1n) is 6.24. The van der Waals surface area contributed by atoms with Gasteiger partial charge in [0.25, 0.3) is 0 Å². The zero-order valence-corrected chi connectivity index (χ0v) is 9.56. The van der Waals surface area contributed by atoms with Crippen LogP contribution in [-0.2, 0) is 0 Å². The van der Waals surface area contributed by atoms with Crippen molar-refractivity contribution in [1.29, 1.82) is 0 Å². The van der Waals surface area contributed by atoms with E-state index in [1.807, 2.05) is 12.3 Å². The van der Waals surface area contributed by atoms with Crippen LogP contribution in [0.25, 0.3) is 10.9 Å². The number of rotatable bonds is 2. The Hall–Kier alpha value is -1.61. The lowest BCUT2D eigenvalue weighted by Gasteiger charge is -2.11. The van der Waals surface area contributed by atoms with Crippen molar-refractivity contribution in [2.45, 2.75) is 6.04 Å². The maximum atomic E-state index is 4.39. The molecule has 2 heterocycles. The molecule has 2 unspecified atom stereocenters. The third-order valence-electron chi connectivity index (χ3n) is 4.06. The molecule has 2 aromatic rings. The minimum atomic E-state index is 0.669. The Morgan fingerprint density at radius 3 is 2.82 bits per heavy atom. The van der Waals surface area contributed by atoms with E-state index in [4.69, 9.17) is 0 Å². The molecule has 1 aliphatic heterocycles. The molecular formula is C14H15N3. The summed E-state index contributed by atoms with van der Waals surface area (Å²) in [6.45, 7) is 2.34. The molecule has 1 aromatic heterocycles. The van der Waals surface area contributed by atoms with Gasteiger partial charge in [0.15, 0.2) is 0 Å². The molecule has 0 amide bonds. The van der Waals surface area contributed by atoms with Crippen molar-refractivity contribution in [3.05, 3.63) is 36.5 Å². The Kier molecular flexibility index (Phi) is 1.91. The fourth-order valence-corrected chi connectivity index (χ4v) is 3.03. The summed E-state index contributed by atoms with van der Waals surface area (Å²) in [7, 11) is 0. The molecule has 4 rings (SSSR count). The summed E-state index contributed by atoms with van der Waals surface area (Å²) in [5.41, 5.74) is 2.30. The summed E-state index contributed by atoms with van der Waals surface area (Å²) < 4.78 is 0. The van der Waals surface area contributed by atoms with E-state index < -0.39 is 0 Å². The van der Waals surface area contributed by atoms with Crippen molar-refractivity contribution in [2.24, 2.45) is 11.8 Å². The topological polar surface area (TPSA) is 37.0 Å². The Morgan fingerprint density at radius 2 is 1.94 bits per heavy atom. The Labute approximate surface area is 100 Å². The molecule has 17 heavy (non-hydrogen) atoms. The number of pyridine rings is 1. The SMILES string of the molecule is c1ccc2c(NC3C4CNCC43)ccnc2c1. The van der Waals surface area contributed by atoms with E-state index in [0.717, 1.165) is 17.4 Å². The molecule has 3 nitrogen and oxygen atoms in total. The molecule has 3 heteroatoms. The fraction of sp³-hybridized carbons (Fsp3) is 0.357. The molecule has 1 aromatic carbocycles. The number of fused-ring (bicyclic) bond motifs is 2. The normalized spacial score (nSPS) is 30.2. The minimum Gasteiger partial charge on any atom is -0.381 e. The number of anilines is 1. The number of nitrogens with one attached hydrogen (secondary N) is 2. The van der Waals surface area contributed by atoms with Crippen LogP contribution in [-0.4, -0.2) is 24.1 Å². The largest absolute Gasteiger partial charge is 0.381 e. The van der Waals surface area contributed by atoms with Gasteiger partial charge in [-0.2, -0.15) is 0 Å². The third kappa shape index (κ3) is 1.42. The molecule has 1 saturated heterocycles. The molecule has 2 fully saturated rings. The second-order valence-electron chi connectivity index (χ2n) is 5.03. The lowest BCUT2D eigenvalue weighted by Crippen LogP contribution is -2.21. The number of para-hydroxylation sites is 1. The predicted molar refractivity (Wildman–Crippen MR) is 69.0 cm³/mol. The second-order valence-corrected chi connectivity index (χ2v) is 5.03. The number of hydrogen-bond donors (Lipinski definition) is 2. The van der Waals surface area contributed by atoms with Crippen LogP contribution in [0.15, 0.2) is 36.5 Å². The smallest absolute Gasteiger partial charge is 0.0722 e. The highest BCUT2D eigenvalue weighted by atomic mass is 15.1. The van der Waals surface area contributed by atoms with Crippen molar-refractivity contribution >= 4 is 16.6 Å². The van der Waals surface area contributed by atoms with Gasteiger partial charge in [-0.05, 0) is 24.0 Å². The van der Waals surface area contributed by atoms with Crippen molar-refractivity contribution in [3.63, 3.8) is 0 Å². The van der Waals surface area contributed by atoms with Gasteiger partial charge in [0.2, 0.25) is 0 Å². The minimum absolute atomic E-state index is 0.669. The van der Waals surface area contributed by atoms with Crippen molar-refractivity contribution < 1.29 is 0 Å². The van der Waals surface area contributed by atoms with Gasteiger partial charge in [-0.3, -0.25) is 4.98 Å². The lowest BCUT2D eigenvalue weighted by atomic mass is 10.2. The van der Waals surface area contributed by atoms with Gasteiger partial charge in [-0.15, -0.1) is 0 Å². The van der Waals surface area contributed by atoms with E-state index in [1.165, 1.54) is 24.2 Å². The molecule has 0 bridgehead atoms. The first-order valence-corrected chi connectivity index (χ1v) is 6.24. The fourth-order valence-electron chi connectivity index (χ4n) is 3.03. The number of nitrogens with zero attached hydrogens (tertiary/aromatic N) is 1. The van der Waals surface area contributed by atoms with Crippen LogP contribution < -0.4 is 10.6 Å². The Morgan fingerprint density at radius 1 is 1.12 bits per heavy atom. The molecule has 1 aliphatic carbocycles. The standard InChI is InChI=1S/C14H15N3/c1-2-4-12-9(3-1)13(5-6-16-12)17-14-10-7-15-8-11(10)14/h1-6,10-11,14-15H,7-8H2,(H,16,17). The van der Waals surface area contributed by atoms with Gasteiger partial charge < -0.3 is 10.6 Å². The molecule has 86 valence electrons. The number of hydrogen-bond acceptors (Lipinski definition) is 3. The van der Waals surface area contributed by atoms with Gasteiger partial charge in [-0.25, -0.2) is 0 Å². The van der Waals surface area contributed by atoms with Crippen molar-refractivity contribution in [3.8, 4) is 0 Å². The second kappa shape index (κ2) is 3.44. The van der Waals surface area contributed by atoms with Gasteiger partial charge in [-0.1, -0.05) is 18.2 Å². The highest BCUT2D eigenvalue weighted by molar-refractivity contribution is 5.91. The predicted octanol–water partition coefficient (Wildman–Crippen LogP) is 1.86. The van der Waals surface area contributed by atoms with Gasteiger partial charge in [0.1, 0.15) is 0 Å². The van der Waals surface area contributed by atoms with E-state index in [0.29, 0.717) is 6.04 Å². The molecule has 2 aliphatic rings. The van der Waals surface area contributed by atoms with E-state index in [1.54, 1.807) is 0 Å². The Bertz CT molecular complexity index is 551.